The quantitative estimate of drug-likeness (QED) is 0.811. The monoisotopic (exact) mass is 307 g/mol. The highest BCUT2D eigenvalue weighted by atomic mass is 35.5. The molecule has 0 atom stereocenters. The van der Waals surface area contributed by atoms with Crippen molar-refractivity contribution in [1.29, 1.82) is 0 Å². The molecule has 1 aromatic heterocycles. The highest BCUT2D eigenvalue weighted by Crippen LogP contribution is 2.24. The fourth-order valence-corrected chi connectivity index (χ4v) is 2.10. The Morgan fingerprint density at radius 3 is 2.43 bits per heavy atom. The zero-order valence-electron chi connectivity index (χ0n) is 11.7. The van der Waals surface area contributed by atoms with Gasteiger partial charge in [0.2, 0.25) is 0 Å². The van der Waals surface area contributed by atoms with Crippen LogP contribution >= 0.6 is 11.6 Å². The van der Waals surface area contributed by atoms with Gasteiger partial charge in [0.25, 0.3) is 0 Å². The Morgan fingerprint density at radius 1 is 1.10 bits per heavy atom. The molecule has 0 saturated heterocycles. The van der Waals surface area contributed by atoms with Gasteiger partial charge in [-0.15, -0.1) is 0 Å². The van der Waals surface area contributed by atoms with Gasteiger partial charge in [0.1, 0.15) is 0 Å². The Morgan fingerprint density at radius 2 is 1.76 bits per heavy atom. The summed E-state index contributed by atoms with van der Waals surface area (Å²) in [6.45, 7) is 3.97. The third-order valence-electron chi connectivity index (χ3n) is 2.76. The van der Waals surface area contributed by atoms with Crippen LogP contribution in [0.5, 0.6) is 0 Å². The minimum Gasteiger partial charge on any atom is -0.462 e. The minimum atomic E-state index is -0.553. The van der Waals surface area contributed by atoms with Gasteiger partial charge in [0, 0.05) is 5.39 Å². The van der Waals surface area contributed by atoms with Crippen molar-refractivity contribution in [2.75, 3.05) is 13.2 Å². The van der Waals surface area contributed by atoms with E-state index in [1.165, 1.54) is 6.07 Å². The number of pyridine rings is 1. The summed E-state index contributed by atoms with van der Waals surface area (Å²) in [5.41, 5.74) is 0.903. The summed E-state index contributed by atoms with van der Waals surface area (Å²) in [4.78, 5) is 27.6. The molecule has 0 aliphatic rings. The number of carbonyl (C=O) groups excluding carboxylic acids is 2. The van der Waals surface area contributed by atoms with E-state index in [-0.39, 0.29) is 18.9 Å². The topological polar surface area (TPSA) is 65.5 Å². The molecule has 2 rings (SSSR count). The summed E-state index contributed by atoms with van der Waals surface area (Å²) in [5, 5.41) is 1.02. The second-order valence-corrected chi connectivity index (χ2v) is 4.57. The zero-order chi connectivity index (χ0) is 15.4. The third-order valence-corrected chi connectivity index (χ3v) is 3.07. The molecule has 0 bridgehead atoms. The molecule has 0 unspecified atom stereocenters. The molecule has 5 nitrogen and oxygen atoms in total. The highest BCUT2D eigenvalue weighted by molar-refractivity contribution is 6.35. The van der Waals surface area contributed by atoms with E-state index in [1.54, 1.807) is 32.0 Å². The van der Waals surface area contributed by atoms with Crippen molar-refractivity contribution in [2.45, 2.75) is 13.8 Å². The third kappa shape index (κ3) is 3.31. The van der Waals surface area contributed by atoms with E-state index >= 15 is 0 Å². The van der Waals surface area contributed by atoms with Crippen molar-refractivity contribution in [3.63, 3.8) is 0 Å². The van der Waals surface area contributed by atoms with Crippen molar-refractivity contribution >= 4 is 34.4 Å². The Bertz CT molecular complexity index is 694. The molecule has 1 aromatic carbocycles. The van der Waals surface area contributed by atoms with Crippen molar-refractivity contribution in [3.05, 3.63) is 40.5 Å². The normalized spacial score (nSPS) is 10.4. The largest absolute Gasteiger partial charge is 0.462 e. The van der Waals surface area contributed by atoms with Crippen LogP contribution in [0.25, 0.3) is 10.9 Å². The predicted molar refractivity (Wildman–Crippen MR) is 78.7 cm³/mol. The Kier molecular flexibility index (Phi) is 4.75. The van der Waals surface area contributed by atoms with Crippen molar-refractivity contribution in [1.82, 2.24) is 4.98 Å². The average Bonchev–Trinajstić information content (AvgIpc) is 2.47. The van der Waals surface area contributed by atoms with Crippen LogP contribution in [-0.4, -0.2) is 30.1 Å². The van der Waals surface area contributed by atoms with Crippen LogP contribution in [0.1, 0.15) is 34.7 Å². The number of halogens is 1. The van der Waals surface area contributed by atoms with Crippen molar-refractivity contribution in [3.8, 4) is 0 Å². The zero-order valence-corrected chi connectivity index (χ0v) is 12.4. The Balaban J connectivity index is 2.49. The maximum atomic E-state index is 11.7. The second-order valence-electron chi connectivity index (χ2n) is 4.16. The van der Waals surface area contributed by atoms with Gasteiger partial charge in [-0.25, -0.2) is 14.6 Å². The van der Waals surface area contributed by atoms with Gasteiger partial charge in [-0.1, -0.05) is 17.7 Å². The lowest BCUT2D eigenvalue weighted by Crippen LogP contribution is -2.08. The van der Waals surface area contributed by atoms with E-state index in [1.807, 2.05) is 0 Å². The van der Waals surface area contributed by atoms with E-state index < -0.39 is 11.9 Å². The van der Waals surface area contributed by atoms with Gasteiger partial charge < -0.3 is 9.47 Å². The molecule has 0 saturated carbocycles. The highest BCUT2D eigenvalue weighted by Gasteiger charge is 2.14. The fourth-order valence-electron chi connectivity index (χ4n) is 1.84. The molecular weight excluding hydrogens is 294 g/mol. The minimum absolute atomic E-state index is 0.107. The van der Waals surface area contributed by atoms with Gasteiger partial charge in [0.05, 0.1) is 29.3 Å². The summed E-state index contributed by atoms with van der Waals surface area (Å²) in [5.74, 6) is -0.998. The standard InChI is InChI=1S/C15H14ClNO4/c1-3-20-14(18)9-5-6-10-11(16)8-13(15(19)21-4-2)17-12(10)7-9/h5-8H,3-4H2,1-2H3. The molecule has 0 aliphatic heterocycles. The van der Waals surface area contributed by atoms with Gasteiger partial charge in [-0.3, -0.25) is 0 Å². The van der Waals surface area contributed by atoms with Crippen LogP contribution in [0.4, 0.5) is 0 Å². The molecule has 0 radical (unpaired) electrons. The molecule has 6 heteroatoms. The first-order valence-corrected chi connectivity index (χ1v) is 6.89. The number of hydrogen-bond donors (Lipinski definition) is 0. The van der Waals surface area contributed by atoms with E-state index in [0.717, 1.165) is 0 Å². The molecule has 0 amide bonds. The number of carbonyl (C=O) groups is 2. The van der Waals surface area contributed by atoms with E-state index in [0.29, 0.717) is 21.5 Å². The maximum Gasteiger partial charge on any atom is 0.356 e. The maximum absolute atomic E-state index is 11.7. The van der Waals surface area contributed by atoms with Crippen molar-refractivity contribution in [2.24, 2.45) is 0 Å². The SMILES string of the molecule is CCOC(=O)c1ccc2c(Cl)cc(C(=O)OCC)nc2c1. The summed E-state index contributed by atoms with van der Waals surface area (Å²) in [7, 11) is 0. The van der Waals surface area contributed by atoms with Crippen LogP contribution in [-0.2, 0) is 9.47 Å². The molecule has 0 aliphatic carbocycles. The molecule has 2 aromatic rings. The lowest BCUT2D eigenvalue weighted by molar-refractivity contribution is 0.0514. The predicted octanol–water partition coefficient (Wildman–Crippen LogP) is 3.24. The lowest BCUT2D eigenvalue weighted by Gasteiger charge is -2.07. The molecule has 21 heavy (non-hydrogen) atoms. The molecule has 110 valence electrons. The lowest BCUT2D eigenvalue weighted by atomic mass is 10.1. The number of rotatable bonds is 4. The van der Waals surface area contributed by atoms with Gasteiger partial charge in [-0.05, 0) is 32.0 Å². The average molecular weight is 308 g/mol. The van der Waals surface area contributed by atoms with Crippen LogP contribution in [0, 0.1) is 0 Å². The van der Waals surface area contributed by atoms with Crippen LogP contribution in [0.3, 0.4) is 0 Å². The van der Waals surface area contributed by atoms with Gasteiger partial charge in [-0.2, -0.15) is 0 Å². The number of esters is 2. The van der Waals surface area contributed by atoms with E-state index in [4.69, 9.17) is 21.1 Å². The summed E-state index contributed by atoms with van der Waals surface area (Å²) < 4.78 is 9.83. The second kappa shape index (κ2) is 6.54. The smallest absolute Gasteiger partial charge is 0.356 e. The number of fused-ring (bicyclic) bond motifs is 1. The number of ether oxygens (including phenoxy) is 2. The number of hydrogen-bond acceptors (Lipinski definition) is 5. The van der Waals surface area contributed by atoms with Crippen molar-refractivity contribution < 1.29 is 19.1 Å². The molecule has 0 fully saturated rings. The Labute approximate surface area is 126 Å². The summed E-state index contributed by atoms with van der Waals surface area (Å²) in [6.07, 6.45) is 0. The summed E-state index contributed by atoms with van der Waals surface area (Å²) >= 11 is 6.14. The first-order valence-electron chi connectivity index (χ1n) is 6.51. The van der Waals surface area contributed by atoms with E-state index in [2.05, 4.69) is 4.98 Å². The molecule has 0 spiro atoms. The van der Waals surface area contributed by atoms with Crippen LogP contribution in [0.2, 0.25) is 5.02 Å². The molecule has 1 heterocycles. The van der Waals surface area contributed by atoms with Crippen LogP contribution in [0.15, 0.2) is 24.3 Å². The number of nitrogens with zero attached hydrogens (tertiary/aromatic N) is 1. The van der Waals surface area contributed by atoms with E-state index in [9.17, 15) is 9.59 Å². The molecular formula is C15H14ClNO4. The molecule has 0 N–H and O–H groups in total. The summed E-state index contributed by atoms with van der Waals surface area (Å²) in [6, 6.07) is 6.28. The number of benzene rings is 1. The fraction of sp³-hybridized carbons (Fsp3) is 0.267. The van der Waals surface area contributed by atoms with Gasteiger partial charge >= 0.3 is 11.9 Å². The first-order chi connectivity index (χ1) is 10.1. The first kappa shape index (κ1) is 15.3. The number of aromatic nitrogens is 1. The van der Waals surface area contributed by atoms with Crippen LogP contribution < -0.4 is 0 Å². The van der Waals surface area contributed by atoms with Gasteiger partial charge in [0.15, 0.2) is 5.69 Å². The Hall–Kier alpha value is -2.14.